The van der Waals surface area contributed by atoms with Gasteiger partial charge in [0.05, 0.1) is 0 Å². The molecule has 0 atom stereocenters. The summed E-state index contributed by atoms with van der Waals surface area (Å²) < 4.78 is 6.07. The molecule has 0 aliphatic rings. The van der Waals surface area contributed by atoms with Crippen molar-refractivity contribution in [2.45, 2.75) is 13.0 Å². The van der Waals surface area contributed by atoms with Crippen molar-refractivity contribution >= 4 is 36.7 Å². The third kappa shape index (κ3) is 4.53. The molecule has 3 heteroatoms. The van der Waals surface area contributed by atoms with Crippen molar-refractivity contribution in [3.8, 4) is 0 Å². The van der Waals surface area contributed by atoms with Crippen molar-refractivity contribution in [1.82, 2.24) is 0 Å². The van der Waals surface area contributed by atoms with Gasteiger partial charge in [-0.3, -0.25) is 0 Å². The van der Waals surface area contributed by atoms with Gasteiger partial charge in [-0.05, 0) is 0 Å². The zero-order valence-electron chi connectivity index (χ0n) is 17.6. The molecule has 4 aromatic carbocycles. The van der Waals surface area contributed by atoms with Crippen molar-refractivity contribution in [2.24, 2.45) is 0 Å². The normalized spacial score (nSPS) is 12.7. The summed E-state index contributed by atoms with van der Waals surface area (Å²) in [6, 6.07) is 43.2. The molecular formula is C28H28BrOP. The van der Waals surface area contributed by atoms with Gasteiger partial charge in [-0.1, -0.05) is 0 Å². The first-order valence-electron chi connectivity index (χ1n) is 10.7. The summed E-state index contributed by atoms with van der Waals surface area (Å²) in [4.78, 5) is 0. The third-order valence-corrected chi connectivity index (χ3v) is 15.9. The molecule has 0 saturated heterocycles. The van der Waals surface area contributed by atoms with E-state index in [1.807, 2.05) is 6.07 Å². The minimum absolute atomic E-state index is 0.654. The van der Waals surface area contributed by atoms with Crippen LogP contribution in [-0.2, 0) is 11.3 Å². The van der Waals surface area contributed by atoms with Crippen LogP contribution in [0.25, 0.3) is 0 Å². The molecule has 0 radical (unpaired) electrons. The fourth-order valence-corrected chi connectivity index (χ4v) is 11.9. The fourth-order valence-electron chi connectivity index (χ4n) is 4.28. The van der Waals surface area contributed by atoms with Crippen LogP contribution in [0, 0.1) is 0 Å². The topological polar surface area (TPSA) is 9.23 Å². The minimum atomic E-state index is -2.83. The van der Waals surface area contributed by atoms with Crippen LogP contribution >= 0.6 is 20.8 Å². The van der Waals surface area contributed by atoms with E-state index in [9.17, 15) is 0 Å². The molecule has 4 rings (SSSR count). The van der Waals surface area contributed by atoms with E-state index in [1.54, 1.807) is 0 Å². The van der Waals surface area contributed by atoms with Gasteiger partial charge >= 0.3 is 194 Å². The molecule has 0 saturated carbocycles. The van der Waals surface area contributed by atoms with Crippen LogP contribution in [0.15, 0.2) is 121 Å². The number of rotatable bonds is 9. The van der Waals surface area contributed by atoms with Crippen molar-refractivity contribution in [3.05, 3.63) is 127 Å². The first-order chi connectivity index (χ1) is 15.2. The monoisotopic (exact) mass is 490 g/mol. The summed E-state index contributed by atoms with van der Waals surface area (Å²) in [7, 11) is 0. The molecule has 31 heavy (non-hydrogen) atoms. The van der Waals surface area contributed by atoms with Crippen LogP contribution in [0.1, 0.15) is 12.0 Å². The summed E-state index contributed by atoms with van der Waals surface area (Å²) in [5.41, 5.74) is 1.22. The van der Waals surface area contributed by atoms with Crippen molar-refractivity contribution < 1.29 is 4.74 Å². The molecular weight excluding hydrogens is 463 g/mol. The molecule has 4 aromatic rings. The van der Waals surface area contributed by atoms with Crippen molar-refractivity contribution in [1.29, 1.82) is 0 Å². The Kier molecular flexibility index (Phi) is 7.02. The molecule has 0 unspecified atom stereocenters. The molecule has 0 aliphatic heterocycles. The average molecular weight is 491 g/mol. The predicted octanol–water partition coefficient (Wildman–Crippen LogP) is 6.43. The first kappa shape index (κ1) is 22.0. The standard InChI is InChI=1S/C28H28BrOP/c29-31(26-16-7-2-8-17-26,27-18-9-3-10-19-27,28-20-11-4-12-21-28)23-13-22-30-24-25-14-5-1-6-15-25/h1-12,14-21H,13,22-24H2. The zero-order valence-corrected chi connectivity index (χ0v) is 20.1. The Labute approximate surface area is 193 Å². The van der Waals surface area contributed by atoms with Gasteiger partial charge in [0.2, 0.25) is 0 Å². The van der Waals surface area contributed by atoms with E-state index < -0.39 is 5.31 Å². The van der Waals surface area contributed by atoms with Gasteiger partial charge in [-0.2, -0.15) is 0 Å². The van der Waals surface area contributed by atoms with Gasteiger partial charge in [0, 0.05) is 0 Å². The average Bonchev–Trinajstić information content (AvgIpc) is 2.86. The Morgan fingerprint density at radius 3 is 1.35 bits per heavy atom. The Hall–Kier alpha value is -2.25. The zero-order chi connectivity index (χ0) is 21.4. The second-order valence-electron chi connectivity index (χ2n) is 7.80. The summed E-state index contributed by atoms with van der Waals surface area (Å²) in [5, 5.41) is 1.23. The molecule has 0 aliphatic carbocycles. The molecule has 0 N–H and O–H groups in total. The molecule has 0 aromatic heterocycles. The second kappa shape index (κ2) is 9.92. The Morgan fingerprint density at radius 1 is 0.548 bits per heavy atom. The van der Waals surface area contributed by atoms with E-state index in [0.29, 0.717) is 6.61 Å². The van der Waals surface area contributed by atoms with Gasteiger partial charge in [0.1, 0.15) is 0 Å². The maximum absolute atomic E-state index is 6.07. The van der Waals surface area contributed by atoms with Crippen molar-refractivity contribution in [2.75, 3.05) is 12.8 Å². The molecule has 0 fully saturated rings. The predicted molar refractivity (Wildman–Crippen MR) is 140 cm³/mol. The van der Waals surface area contributed by atoms with Gasteiger partial charge in [0.25, 0.3) is 0 Å². The van der Waals surface area contributed by atoms with E-state index >= 15 is 0 Å². The summed E-state index contributed by atoms with van der Waals surface area (Å²) >= 11 is 4.49. The van der Waals surface area contributed by atoms with Crippen LogP contribution in [0.5, 0.6) is 0 Å². The number of hydrogen-bond donors (Lipinski definition) is 0. The van der Waals surface area contributed by atoms with Gasteiger partial charge in [-0.15, -0.1) is 0 Å². The Bertz CT molecular complexity index is 970. The fraction of sp³-hybridized carbons (Fsp3) is 0.143. The van der Waals surface area contributed by atoms with E-state index in [1.165, 1.54) is 21.5 Å². The van der Waals surface area contributed by atoms with Crippen LogP contribution in [-0.4, -0.2) is 12.8 Å². The van der Waals surface area contributed by atoms with Gasteiger partial charge in [-0.25, -0.2) is 0 Å². The van der Waals surface area contributed by atoms with Crippen molar-refractivity contribution in [3.63, 3.8) is 0 Å². The van der Waals surface area contributed by atoms with Crippen LogP contribution < -0.4 is 15.9 Å². The van der Waals surface area contributed by atoms with E-state index in [-0.39, 0.29) is 0 Å². The third-order valence-electron chi connectivity index (χ3n) is 5.86. The van der Waals surface area contributed by atoms with Crippen LogP contribution in [0.2, 0.25) is 0 Å². The van der Waals surface area contributed by atoms with Crippen LogP contribution in [0.3, 0.4) is 0 Å². The summed E-state index contributed by atoms with van der Waals surface area (Å²) in [5.74, 6) is 0. The number of ether oxygens (including phenoxy) is 1. The number of hydrogen-bond acceptors (Lipinski definition) is 1. The number of halogens is 1. The Morgan fingerprint density at radius 2 is 0.935 bits per heavy atom. The quantitative estimate of drug-likeness (QED) is 0.194. The molecule has 0 bridgehead atoms. The molecule has 158 valence electrons. The maximum atomic E-state index is 6.07. The van der Waals surface area contributed by atoms with E-state index in [0.717, 1.165) is 19.2 Å². The molecule has 0 spiro atoms. The molecule has 0 heterocycles. The molecule has 1 nitrogen and oxygen atoms in total. The van der Waals surface area contributed by atoms with E-state index in [2.05, 4.69) is 131 Å². The Balaban J connectivity index is 1.69. The van der Waals surface area contributed by atoms with Gasteiger partial charge in [0.15, 0.2) is 0 Å². The molecule has 0 amide bonds. The number of benzene rings is 4. The SMILES string of the molecule is BrP(CCCOCc1ccccc1)(c1ccccc1)(c1ccccc1)c1ccccc1. The second-order valence-corrected chi connectivity index (χ2v) is 16.9. The van der Waals surface area contributed by atoms with E-state index in [4.69, 9.17) is 4.74 Å². The summed E-state index contributed by atoms with van der Waals surface area (Å²) in [6.45, 7) is 1.38. The van der Waals surface area contributed by atoms with Gasteiger partial charge < -0.3 is 0 Å². The first-order valence-corrected chi connectivity index (χ1v) is 15.2. The van der Waals surface area contributed by atoms with Crippen LogP contribution in [0.4, 0.5) is 0 Å². The summed E-state index contributed by atoms with van der Waals surface area (Å²) in [6.07, 6.45) is 1.97.